The molecule has 15 heavy (non-hydrogen) atoms. The number of aliphatic hydroxyl groups is 1. The van der Waals surface area contributed by atoms with Crippen molar-refractivity contribution in [3.8, 4) is 0 Å². The fraction of sp³-hybridized carbons (Fsp3) is 0.538. The average molecular weight is 207 g/mol. The summed E-state index contributed by atoms with van der Waals surface area (Å²) < 4.78 is 0. The van der Waals surface area contributed by atoms with Gasteiger partial charge in [-0.25, -0.2) is 0 Å². The van der Waals surface area contributed by atoms with Crippen LogP contribution < -0.4 is 5.73 Å². The first-order chi connectivity index (χ1) is 7.05. The minimum absolute atomic E-state index is 0.298. The SMILES string of the molecule is CCC(O)(CC)[C@H](N)c1ccccc1C. The van der Waals surface area contributed by atoms with E-state index >= 15 is 0 Å². The molecule has 0 aliphatic rings. The Morgan fingerprint density at radius 3 is 2.27 bits per heavy atom. The standard InChI is InChI=1S/C13H21NO/c1-4-13(15,5-2)12(14)11-9-7-6-8-10(11)3/h6-9,12,15H,4-5,14H2,1-3H3/t12-/m1/s1. The van der Waals surface area contributed by atoms with E-state index in [1.165, 1.54) is 0 Å². The molecule has 0 fully saturated rings. The summed E-state index contributed by atoms with van der Waals surface area (Å²) in [6.45, 7) is 5.98. The topological polar surface area (TPSA) is 46.2 Å². The van der Waals surface area contributed by atoms with E-state index in [-0.39, 0.29) is 6.04 Å². The molecule has 84 valence electrons. The maximum absolute atomic E-state index is 10.4. The van der Waals surface area contributed by atoms with Crippen LogP contribution >= 0.6 is 0 Å². The van der Waals surface area contributed by atoms with E-state index < -0.39 is 5.60 Å². The van der Waals surface area contributed by atoms with Gasteiger partial charge in [0.25, 0.3) is 0 Å². The summed E-state index contributed by atoms with van der Waals surface area (Å²) in [5, 5.41) is 10.4. The molecule has 0 aliphatic carbocycles. The van der Waals surface area contributed by atoms with Crippen molar-refractivity contribution < 1.29 is 5.11 Å². The smallest absolute Gasteiger partial charge is 0.0834 e. The van der Waals surface area contributed by atoms with Crippen LogP contribution in [0.2, 0.25) is 0 Å². The normalized spacial score (nSPS) is 13.9. The van der Waals surface area contributed by atoms with Crippen LogP contribution in [0.5, 0.6) is 0 Å². The second kappa shape index (κ2) is 4.77. The molecule has 1 aromatic rings. The van der Waals surface area contributed by atoms with Crippen LogP contribution in [0.3, 0.4) is 0 Å². The third kappa shape index (κ3) is 2.39. The Balaban J connectivity index is 3.03. The van der Waals surface area contributed by atoms with Gasteiger partial charge in [-0.15, -0.1) is 0 Å². The molecule has 0 aromatic heterocycles. The zero-order valence-electron chi connectivity index (χ0n) is 9.83. The van der Waals surface area contributed by atoms with Crippen molar-refractivity contribution in [3.05, 3.63) is 35.4 Å². The van der Waals surface area contributed by atoms with Crippen LogP contribution in [0.1, 0.15) is 43.9 Å². The molecule has 1 atom stereocenters. The molecule has 1 aromatic carbocycles. The van der Waals surface area contributed by atoms with Gasteiger partial charge in [0.05, 0.1) is 11.6 Å². The summed E-state index contributed by atoms with van der Waals surface area (Å²) in [5.41, 5.74) is 7.55. The van der Waals surface area contributed by atoms with Crippen LogP contribution in [0.4, 0.5) is 0 Å². The molecule has 0 amide bonds. The number of rotatable bonds is 4. The van der Waals surface area contributed by atoms with Gasteiger partial charge in [0.2, 0.25) is 0 Å². The van der Waals surface area contributed by atoms with Crippen molar-refractivity contribution >= 4 is 0 Å². The number of benzene rings is 1. The summed E-state index contributed by atoms with van der Waals surface area (Å²) in [7, 11) is 0. The summed E-state index contributed by atoms with van der Waals surface area (Å²) in [5.74, 6) is 0. The molecule has 2 heteroatoms. The van der Waals surface area contributed by atoms with Gasteiger partial charge in [0, 0.05) is 0 Å². The highest BCUT2D eigenvalue weighted by Gasteiger charge is 2.32. The van der Waals surface area contributed by atoms with E-state index in [1.54, 1.807) is 0 Å². The fourth-order valence-corrected chi connectivity index (χ4v) is 1.92. The molecular weight excluding hydrogens is 186 g/mol. The van der Waals surface area contributed by atoms with Crippen LogP contribution in [0, 0.1) is 6.92 Å². The number of nitrogens with two attached hydrogens (primary N) is 1. The Labute approximate surface area is 92.1 Å². The molecule has 0 bridgehead atoms. The van der Waals surface area contributed by atoms with Gasteiger partial charge in [-0.2, -0.15) is 0 Å². The molecule has 2 nitrogen and oxygen atoms in total. The summed E-state index contributed by atoms with van der Waals surface area (Å²) >= 11 is 0. The number of hydrogen-bond acceptors (Lipinski definition) is 2. The number of hydrogen-bond donors (Lipinski definition) is 2. The molecular formula is C13H21NO. The Hall–Kier alpha value is -0.860. The highest BCUT2D eigenvalue weighted by Crippen LogP contribution is 2.31. The van der Waals surface area contributed by atoms with E-state index in [0.29, 0.717) is 12.8 Å². The van der Waals surface area contributed by atoms with E-state index in [2.05, 4.69) is 0 Å². The van der Waals surface area contributed by atoms with Gasteiger partial charge in [-0.3, -0.25) is 0 Å². The first-order valence-electron chi connectivity index (χ1n) is 5.58. The molecule has 0 unspecified atom stereocenters. The second-order valence-corrected chi connectivity index (χ2v) is 4.14. The Morgan fingerprint density at radius 1 is 1.27 bits per heavy atom. The van der Waals surface area contributed by atoms with Crippen molar-refractivity contribution in [2.45, 2.75) is 45.3 Å². The van der Waals surface area contributed by atoms with Gasteiger partial charge < -0.3 is 10.8 Å². The molecule has 0 spiro atoms. The average Bonchev–Trinajstić information content (AvgIpc) is 2.28. The van der Waals surface area contributed by atoms with Crippen molar-refractivity contribution in [2.75, 3.05) is 0 Å². The summed E-state index contributed by atoms with van der Waals surface area (Å²) in [6.07, 6.45) is 1.36. The highest BCUT2D eigenvalue weighted by atomic mass is 16.3. The first kappa shape index (κ1) is 12.2. The second-order valence-electron chi connectivity index (χ2n) is 4.14. The zero-order chi connectivity index (χ0) is 11.5. The highest BCUT2D eigenvalue weighted by molar-refractivity contribution is 5.30. The van der Waals surface area contributed by atoms with Gasteiger partial charge in [0.15, 0.2) is 0 Å². The number of aryl methyl sites for hydroxylation is 1. The quantitative estimate of drug-likeness (QED) is 0.797. The van der Waals surface area contributed by atoms with Crippen LogP contribution in [0.25, 0.3) is 0 Å². The van der Waals surface area contributed by atoms with Crippen molar-refractivity contribution in [3.63, 3.8) is 0 Å². The largest absolute Gasteiger partial charge is 0.388 e. The Bertz CT molecular complexity index is 318. The fourth-order valence-electron chi connectivity index (χ4n) is 1.92. The van der Waals surface area contributed by atoms with Crippen LogP contribution in [-0.2, 0) is 0 Å². The maximum Gasteiger partial charge on any atom is 0.0834 e. The van der Waals surface area contributed by atoms with Crippen molar-refractivity contribution in [1.29, 1.82) is 0 Å². The van der Waals surface area contributed by atoms with E-state index in [9.17, 15) is 5.11 Å². The maximum atomic E-state index is 10.4. The van der Waals surface area contributed by atoms with Gasteiger partial charge in [0.1, 0.15) is 0 Å². The Morgan fingerprint density at radius 2 is 1.80 bits per heavy atom. The summed E-state index contributed by atoms with van der Waals surface area (Å²) in [6, 6.07) is 7.68. The lowest BCUT2D eigenvalue weighted by atomic mass is 9.83. The van der Waals surface area contributed by atoms with Crippen molar-refractivity contribution in [1.82, 2.24) is 0 Å². The lowest BCUT2D eigenvalue weighted by Crippen LogP contribution is -2.40. The van der Waals surface area contributed by atoms with E-state index in [0.717, 1.165) is 11.1 Å². The third-order valence-corrected chi connectivity index (χ3v) is 3.33. The predicted octanol–water partition coefficient (Wildman–Crippen LogP) is 2.55. The van der Waals surface area contributed by atoms with Crippen molar-refractivity contribution in [2.24, 2.45) is 5.73 Å². The molecule has 0 heterocycles. The molecule has 0 saturated carbocycles. The minimum Gasteiger partial charge on any atom is -0.388 e. The molecule has 1 rings (SSSR count). The molecule has 0 aliphatic heterocycles. The monoisotopic (exact) mass is 207 g/mol. The minimum atomic E-state index is -0.786. The van der Waals surface area contributed by atoms with Crippen LogP contribution in [0.15, 0.2) is 24.3 Å². The van der Waals surface area contributed by atoms with Gasteiger partial charge >= 0.3 is 0 Å². The van der Waals surface area contributed by atoms with E-state index in [1.807, 2.05) is 45.0 Å². The first-order valence-corrected chi connectivity index (χ1v) is 5.58. The third-order valence-electron chi connectivity index (χ3n) is 3.33. The summed E-state index contributed by atoms with van der Waals surface area (Å²) in [4.78, 5) is 0. The predicted molar refractivity (Wildman–Crippen MR) is 63.6 cm³/mol. The Kier molecular flexibility index (Phi) is 3.89. The van der Waals surface area contributed by atoms with Gasteiger partial charge in [-0.05, 0) is 30.9 Å². The molecule has 0 saturated heterocycles. The lowest BCUT2D eigenvalue weighted by Gasteiger charge is -2.33. The molecule has 3 N–H and O–H groups in total. The molecule has 0 radical (unpaired) electrons. The van der Waals surface area contributed by atoms with Gasteiger partial charge in [-0.1, -0.05) is 38.1 Å². The van der Waals surface area contributed by atoms with E-state index in [4.69, 9.17) is 5.73 Å². The zero-order valence-corrected chi connectivity index (χ0v) is 9.83. The van der Waals surface area contributed by atoms with Crippen LogP contribution in [-0.4, -0.2) is 10.7 Å². The lowest BCUT2D eigenvalue weighted by molar-refractivity contribution is 0.00550.